The van der Waals surface area contributed by atoms with Gasteiger partial charge in [-0.15, -0.1) is 12.8 Å². The maximum absolute atomic E-state index is 10.7. The summed E-state index contributed by atoms with van der Waals surface area (Å²) in [4.78, 5) is 0. The van der Waals surface area contributed by atoms with Crippen LogP contribution in [0.2, 0.25) is 0 Å². The number of terminal acetylenes is 1. The van der Waals surface area contributed by atoms with Crippen molar-refractivity contribution in [2.24, 2.45) is 0 Å². The number of benzene rings is 3. The molecule has 0 saturated heterocycles. The van der Waals surface area contributed by atoms with Gasteiger partial charge in [0.15, 0.2) is 0 Å². The van der Waals surface area contributed by atoms with Crippen LogP contribution in [0.5, 0.6) is 5.75 Å². The molecule has 0 saturated carbocycles. The zero-order valence-corrected chi connectivity index (χ0v) is 27.1. The van der Waals surface area contributed by atoms with Crippen LogP contribution >= 0.6 is 0 Å². The number of hydrogen-bond donors (Lipinski definition) is 4. The van der Waals surface area contributed by atoms with Crippen LogP contribution < -0.4 is 15.4 Å². The molecule has 0 aliphatic heterocycles. The highest BCUT2D eigenvalue weighted by atomic mass is 16.5. The van der Waals surface area contributed by atoms with E-state index in [4.69, 9.17) is 9.47 Å². The van der Waals surface area contributed by atoms with Crippen LogP contribution in [0.1, 0.15) is 48.6 Å². The molecule has 4 N–H and O–H groups in total. The van der Waals surface area contributed by atoms with E-state index in [0.29, 0.717) is 24.5 Å². The molecule has 0 bridgehead atoms. The lowest BCUT2D eigenvalue weighted by molar-refractivity contribution is 0.174. The van der Waals surface area contributed by atoms with Crippen LogP contribution in [0.25, 0.3) is 0 Å². The molecule has 46 heavy (non-hydrogen) atoms. The standard InChI is InChI=1S/C38H44N2O4.C2H2/c1-4-9-30(5-2)35-19-17-34(18-21-38(35)43-3)40-33-15-12-28(13-16-33)22-23-39-25-36(42)31-14-20-37(32(24-31)26-41)44-27-29-10-7-6-8-11-29;1-2/h4-18,20-21,24,36,39-42H,19,22-23,25-27H2,1-3H3;1-2H/b9-4-,30-5+;. The fourth-order valence-corrected chi connectivity index (χ4v) is 5.06. The maximum Gasteiger partial charge on any atom is 0.125 e. The highest BCUT2D eigenvalue weighted by Crippen LogP contribution is 2.27. The topological polar surface area (TPSA) is 83.0 Å². The highest BCUT2D eigenvalue weighted by Gasteiger charge is 2.13. The fraction of sp³-hybridized carbons (Fsp3) is 0.250. The first-order valence-corrected chi connectivity index (χ1v) is 15.5. The first-order valence-electron chi connectivity index (χ1n) is 15.5. The number of aliphatic hydroxyl groups excluding tert-OH is 2. The average molecular weight is 619 g/mol. The lowest BCUT2D eigenvalue weighted by atomic mass is 10.0. The first kappa shape index (κ1) is 35.7. The number of ether oxygens (including phenoxy) is 2. The van der Waals surface area contributed by atoms with Gasteiger partial charge in [-0.3, -0.25) is 0 Å². The van der Waals surface area contributed by atoms with Gasteiger partial charge in [0.2, 0.25) is 0 Å². The summed E-state index contributed by atoms with van der Waals surface area (Å²) in [7, 11) is 1.71. The van der Waals surface area contributed by atoms with Gasteiger partial charge in [0.1, 0.15) is 18.1 Å². The van der Waals surface area contributed by atoms with E-state index in [9.17, 15) is 10.2 Å². The molecule has 1 aliphatic carbocycles. The number of anilines is 1. The number of methoxy groups -OCH3 is 1. The predicted molar refractivity (Wildman–Crippen MR) is 189 cm³/mol. The van der Waals surface area contributed by atoms with Crippen molar-refractivity contribution in [3.05, 3.63) is 154 Å². The molecule has 0 radical (unpaired) electrons. The normalized spacial score (nSPS) is 13.8. The van der Waals surface area contributed by atoms with Crippen LogP contribution in [0.4, 0.5) is 5.69 Å². The number of rotatable bonds is 15. The molecule has 1 atom stereocenters. The Bertz CT molecular complexity index is 1550. The smallest absolute Gasteiger partial charge is 0.125 e. The molecule has 0 spiro atoms. The number of allylic oxidation sites excluding steroid dienone is 8. The predicted octanol–water partition coefficient (Wildman–Crippen LogP) is 7.55. The summed E-state index contributed by atoms with van der Waals surface area (Å²) < 4.78 is 11.6. The largest absolute Gasteiger partial charge is 0.496 e. The van der Waals surface area contributed by atoms with E-state index < -0.39 is 6.10 Å². The molecule has 6 heteroatoms. The van der Waals surface area contributed by atoms with Crippen molar-refractivity contribution in [3.8, 4) is 18.6 Å². The minimum Gasteiger partial charge on any atom is -0.496 e. The summed E-state index contributed by atoms with van der Waals surface area (Å²) in [5.74, 6) is 1.49. The van der Waals surface area contributed by atoms with Crippen LogP contribution in [0, 0.1) is 12.8 Å². The van der Waals surface area contributed by atoms with Crippen LogP contribution in [0.15, 0.2) is 132 Å². The van der Waals surface area contributed by atoms with Crippen molar-refractivity contribution >= 4 is 5.69 Å². The van der Waals surface area contributed by atoms with Gasteiger partial charge in [-0.25, -0.2) is 0 Å². The number of nitrogens with one attached hydrogen (secondary N) is 2. The molecule has 0 aromatic heterocycles. The monoisotopic (exact) mass is 618 g/mol. The summed E-state index contributed by atoms with van der Waals surface area (Å²) in [6.07, 6.45) is 21.4. The molecule has 3 aromatic carbocycles. The summed E-state index contributed by atoms with van der Waals surface area (Å²) in [5, 5.41) is 27.5. The third-order valence-electron chi connectivity index (χ3n) is 7.51. The summed E-state index contributed by atoms with van der Waals surface area (Å²) in [6, 6.07) is 23.8. The summed E-state index contributed by atoms with van der Waals surface area (Å²) >= 11 is 0. The quantitative estimate of drug-likeness (QED) is 0.0800. The Morgan fingerprint density at radius 3 is 2.41 bits per heavy atom. The minimum absolute atomic E-state index is 0.156. The van der Waals surface area contributed by atoms with E-state index in [2.05, 4.69) is 66.0 Å². The van der Waals surface area contributed by atoms with Crippen molar-refractivity contribution in [2.75, 3.05) is 25.5 Å². The summed E-state index contributed by atoms with van der Waals surface area (Å²) in [6.45, 7) is 5.48. The van der Waals surface area contributed by atoms with Gasteiger partial charge in [-0.2, -0.15) is 0 Å². The van der Waals surface area contributed by atoms with Gasteiger partial charge in [0.25, 0.3) is 0 Å². The van der Waals surface area contributed by atoms with Gasteiger partial charge in [0, 0.05) is 29.1 Å². The Morgan fingerprint density at radius 1 is 0.978 bits per heavy atom. The Morgan fingerprint density at radius 2 is 1.74 bits per heavy atom. The Labute approximate surface area is 274 Å². The third kappa shape index (κ3) is 10.7. The van der Waals surface area contributed by atoms with Crippen LogP contribution in [-0.2, 0) is 24.4 Å². The van der Waals surface area contributed by atoms with Crippen LogP contribution in [0.3, 0.4) is 0 Å². The van der Waals surface area contributed by atoms with Gasteiger partial charge in [-0.1, -0.05) is 72.8 Å². The molecule has 1 unspecified atom stereocenters. The lowest BCUT2D eigenvalue weighted by Gasteiger charge is -2.16. The number of hydrogen-bond acceptors (Lipinski definition) is 6. The molecule has 3 aromatic rings. The Kier molecular flexibility index (Phi) is 15.2. The molecular weight excluding hydrogens is 572 g/mol. The molecule has 240 valence electrons. The van der Waals surface area contributed by atoms with Gasteiger partial charge >= 0.3 is 0 Å². The number of aliphatic hydroxyl groups is 2. The zero-order valence-electron chi connectivity index (χ0n) is 27.1. The molecule has 0 heterocycles. The van der Waals surface area contributed by atoms with Crippen molar-refractivity contribution in [2.45, 2.75) is 46.0 Å². The van der Waals surface area contributed by atoms with Crippen molar-refractivity contribution < 1.29 is 19.7 Å². The average Bonchev–Trinajstić information content (AvgIpc) is 3.31. The fourth-order valence-electron chi connectivity index (χ4n) is 5.06. The SMILES string of the molecule is C#C.C/C=C\C(=C/C)C1=C(OC)C=CC(Nc2ccc(CCNCC(O)c3ccc(OCc4ccccc4)c(CO)c3)cc2)=CC1. The molecule has 0 amide bonds. The van der Waals surface area contributed by atoms with E-state index in [1.165, 1.54) is 5.56 Å². The molecular formula is C40H46N2O4. The maximum atomic E-state index is 10.7. The first-order chi connectivity index (χ1) is 22.5. The molecule has 0 fully saturated rings. The van der Waals surface area contributed by atoms with E-state index in [1.54, 1.807) is 7.11 Å². The molecule has 1 aliphatic rings. The second kappa shape index (κ2) is 19.6. The second-order valence-corrected chi connectivity index (χ2v) is 10.6. The Balaban J connectivity index is 0.00000282. The van der Waals surface area contributed by atoms with Gasteiger partial charge in [-0.05, 0) is 91.9 Å². The van der Waals surface area contributed by atoms with Gasteiger partial charge < -0.3 is 30.3 Å². The molecule has 4 rings (SSSR count). The Hall–Kier alpha value is -4.80. The third-order valence-corrected chi connectivity index (χ3v) is 7.51. The summed E-state index contributed by atoms with van der Waals surface area (Å²) in [5.41, 5.74) is 8.03. The van der Waals surface area contributed by atoms with Crippen molar-refractivity contribution in [3.63, 3.8) is 0 Å². The zero-order chi connectivity index (χ0) is 33.1. The molecule has 6 nitrogen and oxygen atoms in total. The van der Waals surface area contributed by atoms with Crippen molar-refractivity contribution in [1.29, 1.82) is 0 Å². The highest BCUT2D eigenvalue weighted by molar-refractivity contribution is 5.55. The lowest BCUT2D eigenvalue weighted by Crippen LogP contribution is -2.23. The van der Waals surface area contributed by atoms with E-state index in [1.807, 2.05) is 80.6 Å². The van der Waals surface area contributed by atoms with Crippen LogP contribution in [-0.4, -0.2) is 30.4 Å². The van der Waals surface area contributed by atoms with E-state index in [-0.39, 0.29) is 6.61 Å². The second-order valence-electron chi connectivity index (χ2n) is 10.6. The van der Waals surface area contributed by atoms with E-state index in [0.717, 1.165) is 58.8 Å². The van der Waals surface area contributed by atoms with E-state index >= 15 is 0 Å². The van der Waals surface area contributed by atoms with Crippen molar-refractivity contribution in [1.82, 2.24) is 5.32 Å². The minimum atomic E-state index is -0.688. The van der Waals surface area contributed by atoms with Gasteiger partial charge in [0.05, 0.1) is 19.8 Å².